The van der Waals surface area contributed by atoms with E-state index < -0.39 is 0 Å². The van der Waals surface area contributed by atoms with Crippen molar-refractivity contribution in [3.05, 3.63) is 36.2 Å². The van der Waals surface area contributed by atoms with Gasteiger partial charge in [0.25, 0.3) is 5.95 Å². The van der Waals surface area contributed by atoms with Crippen LogP contribution in [0, 0.1) is 0 Å². The normalized spacial score (nSPS) is 10.8. The Balaban J connectivity index is 2.03. The highest BCUT2D eigenvalue weighted by Crippen LogP contribution is 2.08. The Morgan fingerprint density at radius 1 is 1.50 bits per heavy atom. The van der Waals surface area contributed by atoms with Gasteiger partial charge >= 0.3 is 0 Å². The van der Waals surface area contributed by atoms with Gasteiger partial charge in [0.2, 0.25) is 0 Å². The topological polar surface area (TPSA) is 101 Å². The predicted octanol–water partition coefficient (Wildman–Crippen LogP) is 0.143. The van der Waals surface area contributed by atoms with Crippen molar-refractivity contribution in [3.8, 4) is 5.75 Å². The molecule has 0 bridgehead atoms. The first-order valence-electron chi connectivity index (χ1n) is 4.49. The van der Waals surface area contributed by atoms with Crippen LogP contribution >= 0.6 is 0 Å². The molecule has 0 saturated heterocycles. The second kappa shape index (κ2) is 4.30. The van der Waals surface area contributed by atoms with E-state index in [9.17, 15) is 5.11 Å². The number of nitrogen functional groups attached to an aromatic ring is 1. The summed E-state index contributed by atoms with van der Waals surface area (Å²) in [6.45, 7) is 0. The van der Waals surface area contributed by atoms with E-state index in [0.29, 0.717) is 5.95 Å². The smallest absolute Gasteiger partial charge is 0.263 e. The first-order chi connectivity index (χ1) is 7.75. The van der Waals surface area contributed by atoms with E-state index in [1.54, 1.807) is 24.3 Å². The summed E-state index contributed by atoms with van der Waals surface area (Å²) < 4.78 is 1.21. The number of nitrogens with one attached hydrogen (secondary N) is 1. The number of aromatic hydroxyl groups is 1. The lowest BCUT2D eigenvalue weighted by Gasteiger charge is -1.97. The number of phenols is 1. The van der Waals surface area contributed by atoms with Crippen LogP contribution in [-0.4, -0.2) is 26.2 Å². The molecule has 1 heterocycles. The second-order valence-corrected chi connectivity index (χ2v) is 3.03. The van der Waals surface area contributed by atoms with Gasteiger partial charge in [0.1, 0.15) is 12.1 Å². The molecule has 0 spiro atoms. The van der Waals surface area contributed by atoms with Crippen LogP contribution in [0.2, 0.25) is 0 Å². The van der Waals surface area contributed by atoms with Crippen LogP contribution in [0.5, 0.6) is 5.75 Å². The van der Waals surface area contributed by atoms with Crippen molar-refractivity contribution in [3.63, 3.8) is 0 Å². The zero-order valence-corrected chi connectivity index (χ0v) is 8.28. The maximum Gasteiger partial charge on any atom is 0.263 e. The average Bonchev–Trinajstić information content (AvgIpc) is 2.65. The van der Waals surface area contributed by atoms with E-state index in [1.807, 2.05) is 0 Å². The van der Waals surface area contributed by atoms with E-state index in [0.717, 1.165) is 5.56 Å². The number of nitrogens with two attached hydrogens (primary N) is 1. The maximum absolute atomic E-state index is 9.21. The largest absolute Gasteiger partial charge is 0.508 e. The van der Waals surface area contributed by atoms with Gasteiger partial charge in [-0.15, -0.1) is 10.2 Å². The van der Waals surface area contributed by atoms with E-state index in [-0.39, 0.29) is 5.75 Å². The Morgan fingerprint density at radius 3 is 3.06 bits per heavy atom. The molecule has 0 amide bonds. The SMILES string of the molecule is Nn1cnnc1N/N=C\c1cccc(O)c1. The summed E-state index contributed by atoms with van der Waals surface area (Å²) in [4.78, 5) is 0. The Labute approximate surface area is 91.2 Å². The summed E-state index contributed by atoms with van der Waals surface area (Å²) in [5, 5.41) is 20.4. The first kappa shape index (κ1) is 9.97. The molecule has 0 aliphatic carbocycles. The fraction of sp³-hybridized carbons (Fsp3) is 0. The zero-order chi connectivity index (χ0) is 11.4. The van der Waals surface area contributed by atoms with Crippen LogP contribution in [0.4, 0.5) is 5.95 Å². The Bertz CT molecular complexity index is 506. The molecule has 1 aromatic carbocycles. The zero-order valence-electron chi connectivity index (χ0n) is 8.28. The van der Waals surface area contributed by atoms with Gasteiger partial charge in [-0.3, -0.25) is 0 Å². The minimum atomic E-state index is 0.186. The third kappa shape index (κ3) is 2.27. The third-order valence-electron chi connectivity index (χ3n) is 1.82. The highest BCUT2D eigenvalue weighted by atomic mass is 16.3. The lowest BCUT2D eigenvalue weighted by atomic mass is 10.2. The van der Waals surface area contributed by atoms with Crippen molar-refractivity contribution < 1.29 is 5.11 Å². The van der Waals surface area contributed by atoms with Crippen molar-refractivity contribution >= 4 is 12.2 Å². The van der Waals surface area contributed by atoms with Crippen LogP contribution < -0.4 is 11.3 Å². The molecule has 0 atom stereocenters. The summed E-state index contributed by atoms with van der Waals surface area (Å²) in [5.41, 5.74) is 3.37. The van der Waals surface area contributed by atoms with Gasteiger partial charge in [0, 0.05) is 0 Å². The summed E-state index contributed by atoms with van der Waals surface area (Å²) in [6.07, 6.45) is 2.89. The molecule has 7 heteroatoms. The number of hydrazone groups is 1. The number of benzene rings is 1. The molecule has 0 unspecified atom stereocenters. The van der Waals surface area contributed by atoms with Gasteiger partial charge in [-0.2, -0.15) is 5.10 Å². The van der Waals surface area contributed by atoms with Crippen molar-refractivity contribution in [2.75, 3.05) is 11.3 Å². The minimum Gasteiger partial charge on any atom is -0.508 e. The highest BCUT2D eigenvalue weighted by molar-refractivity contribution is 5.80. The van der Waals surface area contributed by atoms with Crippen LogP contribution in [-0.2, 0) is 0 Å². The highest BCUT2D eigenvalue weighted by Gasteiger charge is 1.96. The molecule has 82 valence electrons. The monoisotopic (exact) mass is 218 g/mol. The summed E-state index contributed by atoms with van der Waals surface area (Å²) in [6, 6.07) is 6.69. The molecular formula is C9H10N6O. The second-order valence-electron chi connectivity index (χ2n) is 3.03. The average molecular weight is 218 g/mol. The van der Waals surface area contributed by atoms with Gasteiger partial charge in [0.05, 0.1) is 6.21 Å². The molecule has 1 aromatic heterocycles. The van der Waals surface area contributed by atoms with Crippen molar-refractivity contribution in [2.24, 2.45) is 5.10 Å². The number of aromatic nitrogens is 3. The van der Waals surface area contributed by atoms with Crippen molar-refractivity contribution in [1.82, 2.24) is 14.9 Å². The lowest BCUT2D eigenvalue weighted by Crippen LogP contribution is -2.10. The van der Waals surface area contributed by atoms with Gasteiger partial charge in [-0.25, -0.2) is 10.1 Å². The fourth-order valence-corrected chi connectivity index (χ4v) is 1.09. The molecular weight excluding hydrogens is 208 g/mol. The number of anilines is 1. The van der Waals surface area contributed by atoms with Gasteiger partial charge in [-0.05, 0) is 17.7 Å². The van der Waals surface area contributed by atoms with E-state index in [1.165, 1.54) is 17.2 Å². The molecule has 4 N–H and O–H groups in total. The standard InChI is InChI=1S/C9H10N6O/c10-15-6-12-14-9(15)13-11-5-7-2-1-3-8(16)4-7/h1-6,16H,10H2,(H,13,14)/b11-5-. The van der Waals surface area contributed by atoms with E-state index >= 15 is 0 Å². The molecule has 0 aliphatic rings. The van der Waals surface area contributed by atoms with E-state index in [2.05, 4.69) is 20.7 Å². The minimum absolute atomic E-state index is 0.186. The molecule has 0 fully saturated rings. The van der Waals surface area contributed by atoms with Gasteiger partial charge in [0.15, 0.2) is 0 Å². The first-order valence-corrected chi connectivity index (χ1v) is 4.49. The summed E-state index contributed by atoms with van der Waals surface area (Å²) in [5.74, 6) is 5.98. The van der Waals surface area contributed by atoms with Crippen LogP contribution in [0.3, 0.4) is 0 Å². The summed E-state index contributed by atoms with van der Waals surface area (Å²) in [7, 11) is 0. The predicted molar refractivity (Wildman–Crippen MR) is 59.5 cm³/mol. The number of hydrogen-bond donors (Lipinski definition) is 3. The van der Waals surface area contributed by atoms with Crippen LogP contribution in [0.15, 0.2) is 35.7 Å². The number of rotatable bonds is 3. The van der Waals surface area contributed by atoms with Gasteiger partial charge in [-0.1, -0.05) is 12.1 Å². The molecule has 2 aromatic rings. The quantitative estimate of drug-likeness (QED) is 0.386. The van der Waals surface area contributed by atoms with Gasteiger partial charge < -0.3 is 10.9 Å². The Kier molecular flexibility index (Phi) is 2.68. The summed E-state index contributed by atoms with van der Waals surface area (Å²) >= 11 is 0. The number of hydrogen-bond acceptors (Lipinski definition) is 6. The molecule has 16 heavy (non-hydrogen) atoms. The number of phenolic OH excluding ortho intramolecular Hbond substituents is 1. The third-order valence-corrected chi connectivity index (χ3v) is 1.82. The van der Waals surface area contributed by atoms with Crippen molar-refractivity contribution in [2.45, 2.75) is 0 Å². The molecule has 2 rings (SSSR count). The van der Waals surface area contributed by atoms with Crippen molar-refractivity contribution in [1.29, 1.82) is 0 Å². The van der Waals surface area contributed by atoms with Crippen LogP contribution in [0.25, 0.3) is 0 Å². The molecule has 0 saturated carbocycles. The Hall–Kier alpha value is -2.57. The molecule has 0 aliphatic heterocycles. The van der Waals surface area contributed by atoms with Crippen LogP contribution in [0.1, 0.15) is 5.56 Å². The van der Waals surface area contributed by atoms with E-state index in [4.69, 9.17) is 5.84 Å². The fourth-order valence-electron chi connectivity index (χ4n) is 1.09. The number of nitrogens with zero attached hydrogens (tertiary/aromatic N) is 4. The molecule has 0 radical (unpaired) electrons. The maximum atomic E-state index is 9.21. The molecule has 7 nitrogen and oxygen atoms in total. The Morgan fingerprint density at radius 2 is 2.38 bits per heavy atom. The lowest BCUT2D eigenvalue weighted by molar-refractivity contribution is 0.475.